The SMILES string of the molecule is C=C1CC(C)C=C/C1=C(C)/C=C\C. The van der Waals surface area contributed by atoms with Gasteiger partial charge in [0.1, 0.15) is 0 Å². The van der Waals surface area contributed by atoms with Gasteiger partial charge in [0.15, 0.2) is 0 Å². The minimum absolute atomic E-state index is 0.648. The van der Waals surface area contributed by atoms with Crippen LogP contribution in [0, 0.1) is 5.92 Å². The molecule has 0 N–H and O–H groups in total. The summed E-state index contributed by atoms with van der Waals surface area (Å²) in [4.78, 5) is 0. The molecule has 1 aliphatic rings. The van der Waals surface area contributed by atoms with Gasteiger partial charge in [-0.15, -0.1) is 0 Å². The smallest absolute Gasteiger partial charge is 0.0204 e. The Hall–Kier alpha value is -1.04. The van der Waals surface area contributed by atoms with Crippen molar-refractivity contribution in [1.82, 2.24) is 0 Å². The molecule has 1 aliphatic carbocycles. The number of rotatable bonds is 1. The molecule has 1 unspecified atom stereocenters. The summed E-state index contributed by atoms with van der Waals surface area (Å²) in [6, 6.07) is 0. The normalized spacial score (nSPS) is 27.0. The van der Waals surface area contributed by atoms with Crippen LogP contribution in [-0.4, -0.2) is 0 Å². The molecule has 0 bridgehead atoms. The van der Waals surface area contributed by atoms with Crippen molar-refractivity contribution in [2.24, 2.45) is 5.92 Å². The van der Waals surface area contributed by atoms with Crippen molar-refractivity contribution in [1.29, 1.82) is 0 Å². The molecule has 13 heavy (non-hydrogen) atoms. The summed E-state index contributed by atoms with van der Waals surface area (Å²) in [6.07, 6.45) is 9.77. The zero-order valence-electron chi connectivity index (χ0n) is 8.80. The van der Waals surface area contributed by atoms with Crippen LogP contribution in [0.2, 0.25) is 0 Å². The average molecular weight is 174 g/mol. The molecule has 0 amide bonds. The largest absolute Gasteiger partial charge is 0.0952 e. The molecule has 70 valence electrons. The molecule has 1 atom stereocenters. The Morgan fingerprint density at radius 2 is 2.31 bits per heavy atom. The van der Waals surface area contributed by atoms with Crippen LogP contribution in [0.5, 0.6) is 0 Å². The van der Waals surface area contributed by atoms with E-state index in [0.717, 1.165) is 6.42 Å². The first kappa shape index (κ1) is 10.0. The van der Waals surface area contributed by atoms with Gasteiger partial charge in [-0.25, -0.2) is 0 Å². The Bertz CT molecular complexity index is 287. The van der Waals surface area contributed by atoms with Crippen LogP contribution in [0.4, 0.5) is 0 Å². The molecule has 1 rings (SSSR count). The highest BCUT2D eigenvalue weighted by molar-refractivity contribution is 5.47. The van der Waals surface area contributed by atoms with Crippen molar-refractivity contribution in [2.75, 3.05) is 0 Å². The van der Waals surface area contributed by atoms with E-state index < -0.39 is 0 Å². The monoisotopic (exact) mass is 174 g/mol. The highest BCUT2D eigenvalue weighted by atomic mass is 14.2. The number of hydrogen-bond donors (Lipinski definition) is 0. The van der Waals surface area contributed by atoms with Crippen molar-refractivity contribution in [2.45, 2.75) is 27.2 Å². The lowest BCUT2D eigenvalue weighted by Crippen LogP contribution is -2.01. The topological polar surface area (TPSA) is 0 Å². The van der Waals surface area contributed by atoms with E-state index in [0.29, 0.717) is 5.92 Å². The Kier molecular flexibility index (Phi) is 3.30. The van der Waals surface area contributed by atoms with E-state index in [-0.39, 0.29) is 0 Å². The lowest BCUT2D eigenvalue weighted by atomic mass is 9.87. The van der Waals surface area contributed by atoms with Crippen LogP contribution in [0.25, 0.3) is 0 Å². The maximum atomic E-state index is 4.11. The van der Waals surface area contributed by atoms with E-state index >= 15 is 0 Å². The molecule has 0 spiro atoms. The number of hydrogen-bond acceptors (Lipinski definition) is 0. The third-order valence-corrected chi connectivity index (χ3v) is 2.38. The minimum atomic E-state index is 0.648. The van der Waals surface area contributed by atoms with Crippen LogP contribution >= 0.6 is 0 Å². The van der Waals surface area contributed by atoms with E-state index in [1.165, 1.54) is 16.7 Å². The van der Waals surface area contributed by atoms with Gasteiger partial charge in [-0.3, -0.25) is 0 Å². The Balaban J connectivity index is 2.99. The minimum Gasteiger partial charge on any atom is -0.0952 e. The molecule has 0 aromatic rings. The van der Waals surface area contributed by atoms with Gasteiger partial charge in [0.05, 0.1) is 0 Å². The van der Waals surface area contributed by atoms with Gasteiger partial charge in [-0.1, -0.05) is 37.8 Å². The standard InChI is InChI=1S/C13H18/c1-5-6-11(3)13-8-7-10(2)9-12(13)4/h5-8,10H,4,9H2,1-3H3/b6-5-,13-11-. The second-order valence-corrected chi connectivity index (χ2v) is 3.74. The summed E-state index contributed by atoms with van der Waals surface area (Å²) in [5.74, 6) is 0.648. The molecule has 0 heteroatoms. The maximum Gasteiger partial charge on any atom is -0.0204 e. The van der Waals surface area contributed by atoms with Crippen LogP contribution < -0.4 is 0 Å². The van der Waals surface area contributed by atoms with Gasteiger partial charge in [0, 0.05) is 0 Å². The highest BCUT2D eigenvalue weighted by Crippen LogP contribution is 2.28. The third-order valence-electron chi connectivity index (χ3n) is 2.38. The van der Waals surface area contributed by atoms with Crippen LogP contribution in [0.15, 0.2) is 47.6 Å². The van der Waals surface area contributed by atoms with Crippen molar-refractivity contribution in [3.8, 4) is 0 Å². The van der Waals surface area contributed by atoms with Crippen molar-refractivity contribution in [3.63, 3.8) is 0 Å². The molecule has 0 aromatic heterocycles. The fourth-order valence-corrected chi connectivity index (χ4v) is 1.70. The molecular weight excluding hydrogens is 156 g/mol. The van der Waals surface area contributed by atoms with Crippen molar-refractivity contribution in [3.05, 3.63) is 47.6 Å². The maximum absolute atomic E-state index is 4.11. The Morgan fingerprint density at radius 3 is 2.85 bits per heavy atom. The molecule has 0 heterocycles. The van der Waals surface area contributed by atoms with E-state index in [1.807, 2.05) is 6.92 Å². The molecule has 0 nitrogen and oxygen atoms in total. The predicted octanol–water partition coefficient (Wildman–Crippen LogP) is 4.03. The van der Waals surface area contributed by atoms with Gasteiger partial charge >= 0.3 is 0 Å². The second kappa shape index (κ2) is 4.27. The summed E-state index contributed by atoms with van der Waals surface area (Å²) >= 11 is 0. The quantitative estimate of drug-likeness (QED) is 0.563. The predicted molar refractivity (Wildman–Crippen MR) is 59.6 cm³/mol. The summed E-state index contributed by atoms with van der Waals surface area (Å²) in [7, 11) is 0. The van der Waals surface area contributed by atoms with Crippen LogP contribution in [0.1, 0.15) is 27.2 Å². The molecule has 0 aliphatic heterocycles. The molecular formula is C13H18. The van der Waals surface area contributed by atoms with Crippen molar-refractivity contribution < 1.29 is 0 Å². The first-order chi connectivity index (χ1) is 6.15. The lowest BCUT2D eigenvalue weighted by Gasteiger charge is -2.18. The lowest BCUT2D eigenvalue weighted by molar-refractivity contribution is 0.709. The van der Waals surface area contributed by atoms with Gasteiger partial charge in [-0.05, 0) is 42.9 Å². The average Bonchev–Trinajstić information content (AvgIpc) is 2.04. The highest BCUT2D eigenvalue weighted by Gasteiger charge is 2.11. The molecule has 0 saturated carbocycles. The fraction of sp³-hybridized carbons (Fsp3) is 0.385. The first-order valence-corrected chi connectivity index (χ1v) is 4.85. The third kappa shape index (κ3) is 2.45. The molecule has 0 aromatic carbocycles. The van der Waals surface area contributed by atoms with E-state index in [4.69, 9.17) is 0 Å². The second-order valence-electron chi connectivity index (χ2n) is 3.74. The Morgan fingerprint density at radius 1 is 1.62 bits per heavy atom. The van der Waals surface area contributed by atoms with Gasteiger partial charge < -0.3 is 0 Å². The zero-order valence-corrected chi connectivity index (χ0v) is 8.80. The molecule has 0 fully saturated rings. The first-order valence-electron chi connectivity index (χ1n) is 4.85. The fourth-order valence-electron chi connectivity index (χ4n) is 1.70. The zero-order chi connectivity index (χ0) is 9.84. The van der Waals surface area contributed by atoms with E-state index in [9.17, 15) is 0 Å². The number of allylic oxidation sites excluding steroid dienone is 7. The van der Waals surface area contributed by atoms with Gasteiger partial charge in [0.2, 0.25) is 0 Å². The van der Waals surface area contributed by atoms with Gasteiger partial charge in [0.25, 0.3) is 0 Å². The summed E-state index contributed by atoms with van der Waals surface area (Å²) in [6.45, 7) is 10.5. The van der Waals surface area contributed by atoms with Crippen molar-refractivity contribution >= 4 is 0 Å². The summed E-state index contributed by atoms with van der Waals surface area (Å²) in [5.41, 5.74) is 3.90. The van der Waals surface area contributed by atoms with Gasteiger partial charge in [-0.2, -0.15) is 0 Å². The van der Waals surface area contributed by atoms with Crippen LogP contribution in [-0.2, 0) is 0 Å². The Labute approximate surface area is 81.4 Å². The van der Waals surface area contributed by atoms with E-state index in [1.54, 1.807) is 0 Å². The van der Waals surface area contributed by atoms with Crippen LogP contribution in [0.3, 0.4) is 0 Å². The molecule has 0 saturated heterocycles. The summed E-state index contributed by atoms with van der Waals surface area (Å²) in [5, 5.41) is 0. The van der Waals surface area contributed by atoms with E-state index in [2.05, 4.69) is 44.7 Å². The molecule has 0 radical (unpaired) electrons. The summed E-state index contributed by atoms with van der Waals surface area (Å²) < 4.78 is 0.